The summed E-state index contributed by atoms with van der Waals surface area (Å²) in [4.78, 5) is 0. The topological polar surface area (TPSA) is 36.2 Å². The Balaban J connectivity index is 3.43. The van der Waals surface area contributed by atoms with Crippen molar-refractivity contribution in [2.45, 2.75) is 25.3 Å². The Hall–Kier alpha value is -1.60. The van der Waals surface area contributed by atoms with Crippen LogP contribution in [0.2, 0.25) is 0 Å². The molecule has 1 aromatic rings. The lowest BCUT2D eigenvalue weighted by Gasteiger charge is -2.15. The standard InChI is InChI=1S/C10H8F6N2/c1-5(18-17)6-2-7(9(11,12)13)4-8(3-6)10(14,15)16/h2-5,17H,1H3. The number of hydrogen-bond acceptors (Lipinski definition) is 2. The zero-order valence-corrected chi connectivity index (χ0v) is 9.02. The van der Waals surface area contributed by atoms with Crippen LogP contribution < -0.4 is 0 Å². The van der Waals surface area contributed by atoms with Gasteiger partial charge in [-0.05, 0) is 30.7 Å². The van der Waals surface area contributed by atoms with Crippen molar-refractivity contribution in [3.05, 3.63) is 34.9 Å². The van der Waals surface area contributed by atoms with E-state index in [-0.39, 0.29) is 11.6 Å². The van der Waals surface area contributed by atoms with Crippen LogP contribution in [-0.4, -0.2) is 0 Å². The highest BCUT2D eigenvalue weighted by atomic mass is 19.4. The lowest BCUT2D eigenvalue weighted by Crippen LogP contribution is -2.12. The van der Waals surface area contributed by atoms with Gasteiger partial charge in [0.25, 0.3) is 0 Å². The maximum absolute atomic E-state index is 12.5. The fourth-order valence-corrected chi connectivity index (χ4v) is 1.29. The fourth-order valence-electron chi connectivity index (χ4n) is 1.29. The summed E-state index contributed by atoms with van der Waals surface area (Å²) in [6.07, 6.45) is -9.75. The first-order chi connectivity index (χ1) is 8.05. The Bertz CT molecular complexity index is 416. The molecule has 1 rings (SSSR count). The molecular formula is C10H8F6N2. The molecule has 0 aliphatic heterocycles. The highest BCUT2D eigenvalue weighted by Crippen LogP contribution is 2.37. The van der Waals surface area contributed by atoms with Gasteiger partial charge in [-0.1, -0.05) is 0 Å². The number of nitrogens with one attached hydrogen (secondary N) is 1. The second-order valence-electron chi connectivity index (χ2n) is 3.64. The third kappa shape index (κ3) is 3.21. The van der Waals surface area contributed by atoms with Crippen LogP contribution in [0.25, 0.3) is 0 Å². The van der Waals surface area contributed by atoms with E-state index in [0.29, 0.717) is 12.1 Å². The molecule has 0 spiro atoms. The minimum atomic E-state index is -4.88. The Morgan fingerprint density at radius 3 is 1.61 bits per heavy atom. The third-order valence-electron chi connectivity index (χ3n) is 2.29. The Morgan fingerprint density at radius 1 is 0.944 bits per heavy atom. The minimum Gasteiger partial charge on any atom is -0.209 e. The summed E-state index contributed by atoms with van der Waals surface area (Å²) in [6.45, 7) is 1.24. The molecule has 0 aromatic heterocycles. The van der Waals surface area contributed by atoms with E-state index < -0.39 is 29.5 Å². The zero-order valence-electron chi connectivity index (χ0n) is 9.02. The summed E-state index contributed by atoms with van der Waals surface area (Å²) < 4.78 is 74.8. The Labute approximate surface area is 98.1 Å². The van der Waals surface area contributed by atoms with Crippen molar-refractivity contribution in [2.75, 3.05) is 0 Å². The van der Waals surface area contributed by atoms with Gasteiger partial charge in [0, 0.05) is 0 Å². The quantitative estimate of drug-likeness (QED) is 0.591. The van der Waals surface area contributed by atoms with E-state index in [9.17, 15) is 26.3 Å². The smallest absolute Gasteiger partial charge is 0.209 e. The van der Waals surface area contributed by atoms with Crippen LogP contribution >= 0.6 is 0 Å². The summed E-state index contributed by atoms with van der Waals surface area (Å²) in [5.74, 6) is 0. The molecule has 8 heteroatoms. The van der Waals surface area contributed by atoms with Crippen molar-refractivity contribution in [1.29, 1.82) is 5.53 Å². The van der Waals surface area contributed by atoms with Crippen LogP contribution in [0.3, 0.4) is 0 Å². The molecule has 0 saturated heterocycles. The van der Waals surface area contributed by atoms with Gasteiger partial charge < -0.3 is 0 Å². The predicted molar refractivity (Wildman–Crippen MR) is 50.0 cm³/mol. The maximum atomic E-state index is 12.5. The first-order valence-corrected chi connectivity index (χ1v) is 4.71. The number of hydrogen-bond donors (Lipinski definition) is 1. The normalized spacial score (nSPS) is 14.4. The average molecular weight is 270 g/mol. The van der Waals surface area contributed by atoms with Crippen LogP contribution in [0.1, 0.15) is 29.7 Å². The third-order valence-corrected chi connectivity index (χ3v) is 2.29. The highest BCUT2D eigenvalue weighted by Gasteiger charge is 2.37. The van der Waals surface area contributed by atoms with Gasteiger partial charge >= 0.3 is 12.4 Å². The largest absolute Gasteiger partial charge is 0.416 e. The number of benzene rings is 1. The van der Waals surface area contributed by atoms with E-state index in [2.05, 4.69) is 5.11 Å². The molecule has 0 amide bonds. The van der Waals surface area contributed by atoms with Crippen LogP contribution in [0, 0.1) is 5.53 Å². The SMILES string of the molecule is CC(N=N)c1cc(C(F)(F)F)cc(C(F)(F)F)c1. The Morgan fingerprint density at radius 2 is 1.33 bits per heavy atom. The van der Waals surface area contributed by atoms with Gasteiger partial charge in [-0.25, -0.2) is 5.53 Å². The average Bonchev–Trinajstić information content (AvgIpc) is 2.25. The lowest BCUT2D eigenvalue weighted by molar-refractivity contribution is -0.143. The molecule has 0 aliphatic carbocycles. The summed E-state index contributed by atoms with van der Waals surface area (Å²) in [5, 5.41) is 2.92. The number of nitrogens with zero attached hydrogens (tertiary/aromatic N) is 1. The summed E-state index contributed by atoms with van der Waals surface area (Å²) in [7, 11) is 0. The maximum Gasteiger partial charge on any atom is 0.416 e. The van der Waals surface area contributed by atoms with Gasteiger partial charge in [0.2, 0.25) is 0 Å². The molecular weight excluding hydrogens is 262 g/mol. The van der Waals surface area contributed by atoms with Crippen LogP contribution in [0.15, 0.2) is 23.3 Å². The van der Waals surface area contributed by atoms with Crippen molar-refractivity contribution < 1.29 is 26.3 Å². The Kier molecular flexibility index (Phi) is 3.68. The minimum absolute atomic E-state index is 0.0418. The van der Waals surface area contributed by atoms with Crippen LogP contribution in [0.5, 0.6) is 0 Å². The predicted octanol–water partition coefficient (Wildman–Crippen LogP) is 4.82. The first kappa shape index (κ1) is 14.5. The molecule has 18 heavy (non-hydrogen) atoms. The van der Waals surface area contributed by atoms with E-state index in [1.807, 2.05) is 0 Å². The molecule has 1 unspecified atom stereocenters. The fraction of sp³-hybridized carbons (Fsp3) is 0.400. The van der Waals surface area contributed by atoms with Crippen molar-refractivity contribution in [2.24, 2.45) is 5.11 Å². The molecule has 0 saturated carbocycles. The molecule has 0 radical (unpaired) electrons. The summed E-state index contributed by atoms with van der Waals surface area (Å²) in [6, 6.07) is 0.115. The number of alkyl halides is 6. The van der Waals surface area contributed by atoms with Crippen molar-refractivity contribution in [3.8, 4) is 0 Å². The number of rotatable bonds is 2. The van der Waals surface area contributed by atoms with Crippen molar-refractivity contribution in [1.82, 2.24) is 0 Å². The molecule has 1 N–H and O–H groups in total. The van der Waals surface area contributed by atoms with E-state index in [1.54, 1.807) is 0 Å². The van der Waals surface area contributed by atoms with Gasteiger partial charge in [-0.2, -0.15) is 31.5 Å². The first-order valence-electron chi connectivity index (χ1n) is 4.71. The van der Waals surface area contributed by atoms with Gasteiger partial charge in [-0.3, -0.25) is 0 Å². The van der Waals surface area contributed by atoms with Crippen LogP contribution in [-0.2, 0) is 12.4 Å². The van der Waals surface area contributed by atoms with Gasteiger partial charge in [0.15, 0.2) is 0 Å². The molecule has 0 bridgehead atoms. The molecule has 2 nitrogen and oxygen atoms in total. The molecule has 1 aromatic carbocycles. The molecule has 100 valence electrons. The van der Waals surface area contributed by atoms with Gasteiger partial charge in [0.05, 0.1) is 17.2 Å². The zero-order chi connectivity index (χ0) is 14.1. The van der Waals surface area contributed by atoms with Crippen LogP contribution in [0.4, 0.5) is 26.3 Å². The highest BCUT2D eigenvalue weighted by molar-refractivity contribution is 5.35. The summed E-state index contributed by atoms with van der Waals surface area (Å²) in [5.41, 5.74) is 3.56. The van der Waals surface area contributed by atoms with E-state index in [0.717, 1.165) is 0 Å². The molecule has 1 atom stereocenters. The lowest BCUT2D eigenvalue weighted by atomic mass is 10.0. The van der Waals surface area contributed by atoms with Gasteiger partial charge in [0.1, 0.15) is 0 Å². The van der Waals surface area contributed by atoms with Crippen molar-refractivity contribution >= 4 is 0 Å². The van der Waals surface area contributed by atoms with E-state index in [1.165, 1.54) is 6.92 Å². The summed E-state index contributed by atoms with van der Waals surface area (Å²) >= 11 is 0. The molecule has 0 aliphatic rings. The van der Waals surface area contributed by atoms with E-state index in [4.69, 9.17) is 5.53 Å². The number of halogens is 6. The van der Waals surface area contributed by atoms with E-state index >= 15 is 0 Å². The molecule has 0 heterocycles. The van der Waals surface area contributed by atoms with Gasteiger partial charge in [-0.15, -0.1) is 0 Å². The van der Waals surface area contributed by atoms with Crippen molar-refractivity contribution in [3.63, 3.8) is 0 Å². The second kappa shape index (κ2) is 4.58. The monoisotopic (exact) mass is 270 g/mol. The molecule has 0 fully saturated rings. The second-order valence-corrected chi connectivity index (χ2v) is 3.64.